The predicted molar refractivity (Wildman–Crippen MR) is 55.4 cm³/mol. The lowest BCUT2D eigenvalue weighted by molar-refractivity contribution is 0.0708. The molecule has 1 fully saturated rings. The summed E-state index contributed by atoms with van der Waals surface area (Å²) in [5.41, 5.74) is 0.610. The van der Waals surface area contributed by atoms with Crippen LogP contribution in [0.3, 0.4) is 0 Å². The third kappa shape index (κ3) is 2.30. The molecular weight excluding hydrogens is 192 g/mol. The highest BCUT2D eigenvalue weighted by molar-refractivity contribution is 5.93. The van der Waals surface area contributed by atoms with Crippen molar-refractivity contribution in [3.05, 3.63) is 24.0 Å². The highest BCUT2D eigenvalue weighted by Crippen LogP contribution is 2.05. The molecule has 0 spiro atoms. The Bertz CT molecular complexity index is 341. The maximum absolute atomic E-state index is 12.0. The van der Waals surface area contributed by atoms with Gasteiger partial charge in [-0.2, -0.15) is 10.2 Å². The van der Waals surface area contributed by atoms with Crippen LogP contribution in [0.2, 0.25) is 0 Å². The first kappa shape index (κ1) is 10.0. The average molecular weight is 206 g/mol. The molecule has 1 aliphatic heterocycles. The van der Waals surface area contributed by atoms with E-state index in [1.165, 1.54) is 6.20 Å². The van der Waals surface area contributed by atoms with Gasteiger partial charge in [0.1, 0.15) is 0 Å². The van der Waals surface area contributed by atoms with Crippen LogP contribution in [0.5, 0.6) is 0 Å². The van der Waals surface area contributed by atoms with Crippen LogP contribution in [-0.2, 0) is 0 Å². The summed E-state index contributed by atoms with van der Waals surface area (Å²) in [7, 11) is 0. The van der Waals surface area contributed by atoms with Crippen molar-refractivity contribution in [2.45, 2.75) is 13.0 Å². The summed E-state index contributed by atoms with van der Waals surface area (Å²) in [6.07, 6.45) is 3.05. The Morgan fingerprint density at radius 1 is 1.60 bits per heavy atom. The van der Waals surface area contributed by atoms with Crippen LogP contribution in [0.4, 0.5) is 0 Å². The van der Waals surface area contributed by atoms with Gasteiger partial charge in [-0.3, -0.25) is 4.79 Å². The molecule has 5 heteroatoms. The van der Waals surface area contributed by atoms with Crippen LogP contribution < -0.4 is 5.32 Å². The number of carbonyl (C=O) groups is 1. The molecule has 80 valence electrons. The Balaban J connectivity index is 2.08. The van der Waals surface area contributed by atoms with Gasteiger partial charge in [-0.1, -0.05) is 0 Å². The number of piperazine rings is 1. The van der Waals surface area contributed by atoms with Crippen LogP contribution >= 0.6 is 0 Å². The predicted octanol–water partition coefficient (Wildman–Crippen LogP) is -0.0895. The quantitative estimate of drug-likeness (QED) is 0.697. The lowest BCUT2D eigenvalue weighted by Gasteiger charge is -2.31. The SMILES string of the molecule is C[C@H]1CN(C(=O)c2ccnnc2)CCN1. The van der Waals surface area contributed by atoms with Gasteiger partial charge in [-0.15, -0.1) is 0 Å². The molecule has 2 heterocycles. The Morgan fingerprint density at radius 2 is 2.47 bits per heavy atom. The normalized spacial score (nSPS) is 21.4. The summed E-state index contributed by atoms with van der Waals surface area (Å²) in [5, 5.41) is 10.7. The van der Waals surface area contributed by atoms with E-state index in [4.69, 9.17) is 0 Å². The minimum atomic E-state index is 0.0400. The summed E-state index contributed by atoms with van der Waals surface area (Å²) in [4.78, 5) is 13.8. The van der Waals surface area contributed by atoms with E-state index in [0.717, 1.165) is 19.6 Å². The van der Waals surface area contributed by atoms with E-state index in [1.807, 2.05) is 4.90 Å². The average Bonchev–Trinajstić information content (AvgIpc) is 2.29. The maximum Gasteiger partial charge on any atom is 0.255 e. The van der Waals surface area contributed by atoms with Crippen molar-refractivity contribution in [3.8, 4) is 0 Å². The van der Waals surface area contributed by atoms with Gasteiger partial charge in [-0.05, 0) is 13.0 Å². The topological polar surface area (TPSA) is 58.1 Å². The number of hydrogen-bond acceptors (Lipinski definition) is 4. The molecule has 0 bridgehead atoms. The van der Waals surface area contributed by atoms with E-state index in [2.05, 4.69) is 22.4 Å². The zero-order valence-electron chi connectivity index (χ0n) is 8.68. The molecule has 1 saturated heterocycles. The summed E-state index contributed by atoms with van der Waals surface area (Å²) in [6, 6.07) is 2.06. The third-order valence-corrected chi connectivity index (χ3v) is 2.49. The molecule has 0 radical (unpaired) electrons. The number of amides is 1. The molecule has 1 amide bonds. The van der Waals surface area contributed by atoms with E-state index in [1.54, 1.807) is 12.3 Å². The van der Waals surface area contributed by atoms with Crippen molar-refractivity contribution in [2.24, 2.45) is 0 Å². The summed E-state index contributed by atoms with van der Waals surface area (Å²) in [5.74, 6) is 0.0400. The van der Waals surface area contributed by atoms with Gasteiger partial charge in [0.15, 0.2) is 0 Å². The van der Waals surface area contributed by atoms with E-state index < -0.39 is 0 Å². The van der Waals surface area contributed by atoms with E-state index in [-0.39, 0.29) is 5.91 Å². The van der Waals surface area contributed by atoms with Gasteiger partial charge in [0.2, 0.25) is 0 Å². The standard InChI is InChI=1S/C10H14N4O/c1-8-7-14(5-4-11-8)10(15)9-2-3-12-13-6-9/h2-3,6,8,11H,4-5,7H2,1H3/t8-/m0/s1. The lowest BCUT2D eigenvalue weighted by atomic mass is 10.2. The molecule has 15 heavy (non-hydrogen) atoms. The fourth-order valence-electron chi connectivity index (χ4n) is 1.72. The zero-order chi connectivity index (χ0) is 10.7. The van der Waals surface area contributed by atoms with Gasteiger partial charge < -0.3 is 10.2 Å². The van der Waals surface area contributed by atoms with Crippen molar-refractivity contribution in [3.63, 3.8) is 0 Å². The van der Waals surface area contributed by atoms with Crippen LogP contribution in [0, 0.1) is 0 Å². The molecule has 0 unspecified atom stereocenters. The monoisotopic (exact) mass is 206 g/mol. The number of rotatable bonds is 1. The van der Waals surface area contributed by atoms with Crippen molar-refractivity contribution >= 4 is 5.91 Å². The maximum atomic E-state index is 12.0. The van der Waals surface area contributed by atoms with E-state index >= 15 is 0 Å². The molecule has 1 N–H and O–H groups in total. The Hall–Kier alpha value is -1.49. The number of hydrogen-bond donors (Lipinski definition) is 1. The van der Waals surface area contributed by atoms with Crippen molar-refractivity contribution in [1.82, 2.24) is 20.4 Å². The summed E-state index contributed by atoms with van der Waals surface area (Å²) >= 11 is 0. The van der Waals surface area contributed by atoms with Crippen molar-refractivity contribution in [1.29, 1.82) is 0 Å². The second-order valence-corrected chi connectivity index (χ2v) is 3.74. The number of nitrogens with one attached hydrogen (secondary N) is 1. The Morgan fingerprint density at radius 3 is 3.13 bits per heavy atom. The molecule has 1 aliphatic rings. The van der Waals surface area contributed by atoms with Crippen LogP contribution in [0.25, 0.3) is 0 Å². The first-order valence-electron chi connectivity index (χ1n) is 5.07. The molecule has 1 aromatic heterocycles. The second kappa shape index (κ2) is 4.35. The van der Waals surface area contributed by atoms with Gasteiger partial charge >= 0.3 is 0 Å². The first-order chi connectivity index (χ1) is 7.27. The molecule has 0 aromatic carbocycles. The van der Waals surface area contributed by atoms with Crippen LogP contribution in [0.15, 0.2) is 18.5 Å². The molecule has 0 aliphatic carbocycles. The van der Waals surface area contributed by atoms with Gasteiger partial charge in [0.25, 0.3) is 5.91 Å². The fourth-order valence-corrected chi connectivity index (χ4v) is 1.72. The largest absolute Gasteiger partial charge is 0.336 e. The minimum absolute atomic E-state index is 0.0400. The molecule has 1 aromatic rings. The summed E-state index contributed by atoms with van der Waals surface area (Å²) < 4.78 is 0. The molecule has 1 atom stereocenters. The second-order valence-electron chi connectivity index (χ2n) is 3.74. The van der Waals surface area contributed by atoms with Crippen LogP contribution in [0.1, 0.15) is 17.3 Å². The van der Waals surface area contributed by atoms with E-state index in [0.29, 0.717) is 11.6 Å². The zero-order valence-corrected chi connectivity index (χ0v) is 8.68. The fraction of sp³-hybridized carbons (Fsp3) is 0.500. The lowest BCUT2D eigenvalue weighted by Crippen LogP contribution is -2.51. The van der Waals surface area contributed by atoms with Gasteiger partial charge in [-0.25, -0.2) is 0 Å². The molecule has 0 saturated carbocycles. The first-order valence-corrected chi connectivity index (χ1v) is 5.07. The minimum Gasteiger partial charge on any atom is -0.336 e. The Labute approximate surface area is 88.5 Å². The molecular formula is C10H14N4O. The van der Waals surface area contributed by atoms with Crippen LogP contribution in [-0.4, -0.2) is 46.7 Å². The Kier molecular flexibility index (Phi) is 2.91. The number of nitrogens with zero attached hydrogens (tertiary/aromatic N) is 3. The number of carbonyl (C=O) groups excluding carboxylic acids is 1. The van der Waals surface area contributed by atoms with E-state index in [9.17, 15) is 4.79 Å². The molecule has 2 rings (SSSR count). The number of aromatic nitrogens is 2. The summed E-state index contributed by atoms with van der Waals surface area (Å²) in [6.45, 7) is 4.43. The third-order valence-electron chi connectivity index (χ3n) is 2.49. The highest BCUT2D eigenvalue weighted by atomic mass is 16.2. The smallest absolute Gasteiger partial charge is 0.255 e. The van der Waals surface area contributed by atoms with Gasteiger partial charge in [0, 0.05) is 25.7 Å². The highest BCUT2D eigenvalue weighted by Gasteiger charge is 2.21. The van der Waals surface area contributed by atoms with Crippen molar-refractivity contribution in [2.75, 3.05) is 19.6 Å². The van der Waals surface area contributed by atoms with Crippen molar-refractivity contribution < 1.29 is 4.79 Å². The molecule has 5 nitrogen and oxygen atoms in total. The van der Waals surface area contributed by atoms with Gasteiger partial charge in [0.05, 0.1) is 18.0 Å².